The van der Waals surface area contributed by atoms with Gasteiger partial charge in [-0.1, -0.05) is 18.2 Å². The highest BCUT2D eigenvalue weighted by molar-refractivity contribution is 7.90. The Kier molecular flexibility index (Phi) is 5.12. The Hall–Kier alpha value is -2.22. The second-order valence-electron chi connectivity index (χ2n) is 6.62. The molecule has 8 heteroatoms. The molecule has 0 bridgehead atoms. The number of rotatable bonds is 4. The van der Waals surface area contributed by atoms with Gasteiger partial charge in [0.25, 0.3) is 0 Å². The average Bonchev–Trinajstić information content (AvgIpc) is 3.05. The molecule has 0 aliphatic heterocycles. The SMILES string of the molecule is CS(=O)(=O)c1ccc(C2=C(c3ccc(C(F)(F)F)cc3)CC(CF)C2)cn1. The summed E-state index contributed by atoms with van der Waals surface area (Å²) in [5, 5.41) is -0.0667. The van der Waals surface area contributed by atoms with Crippen molar-refractivity contribution in [1.82, 2.24) is 4.98 Å². The lowest BCUT2D eigenvalue weighted by Gasteiger charge is -2.11. The average molecular weight is 399 g/mol. The molecule has 0 amide bonds. The van der Waals surface area contributed by atoms with E-state index in [1.54, 1.807) is 6.07 Å². The number of alkyl halides is 4. The molecule has 1 heterocycles. The minimum Gasteiger partial charge on any atom is -0.251 e. The fourth-order valence-electron chi connectivity index (χ4n) is 3.23. The molecule has 0 spiro atoms. The zero-order chi connectivity index (χ0) is 19.8. The van der Waals surface area contributed by atoms with Crippen LogP contribution in [-0.4, -0.2) is 26.3 Å². The Morgan fingerprint density at radius 2 is 1.56 bits per heavy atom. The van der Waals surface area contributed by atoms with Crippen molar-refractivity contribution >= 4 is 21.0 Å². The highest BCUT2D eigenvalue weighted by Crippen LogP contribution is 2.43. The molecule has 1 aliphatic carbocycles. The molecular formula is C19H17F4NO2S. The molecule has 1 atom stereocenters. The summed E-state index contributed by atoms with van der Waals surface area (Å²) in [6.45, 7) is -0.539. The summed E-state index contributed by atoms with van der Waals surface area (Å²) in [7, 11) is -3.44. The molecule has 3 nitrogen and oxygen atoms in total. The van der Waals surface area contributed by atoms with Gasteiger partial charge in [-0.05, 0) is 59.2 Å². The molecular weight excluding hydrogens is 382 g/mol. The number of benzene rings is 1. The zero-order valence-electron chi connectivity index (χ0n) is 14.4. The monoisotopic (exact) mass is 399 g/mol. The van der Waals surface area contributed by atoms with Crippen LogP contribution in [-0.2, 0) is 16.0 Å². The lowest BCUT2D eigenvalue weighted by Crippen LogP contribution is -2.04. The largest absolute Gasteiger partial charge is 0.416 e. The third-order valence-corrected chi connectivity index (χ3v) is 5.59. The fraction of sp³-hybridized carbons (Fsp3) is 0.316. The molecule has 1 aliphatic rings. The highest BCUT2D eigenvalue weighted by atomic mass is 32.2. The standard InChI is InChI=1S/C19H17F4NO2S/c1-27(25,26)18-7-4-14(11-24-18)17-9-12(10-20)8-16(17)13-2-5-15(6-3-13)19(21,22)23/h2-7,11-12H,8-10H2,1H3. The highest BCUT2D eigenvalue weighted by Gasteiger charge is 2.31. The number of aromatic nitrogens is 1. The Morgan fingerprint density at radius 1 is 1.00 bits per heavy atom. The summed E-state index contributed by atoms with van der Waals surface area (Å²) in [5.74, 6) is -0.258. The molecule has 1 aromatic heterocycles. The maximum atomic E-state index is 13.2. The maximum absolute atomic E-state index is 13.2. The summed E-state index contributed by atoms with van der Waals surface area (Å²) in [5.41, 5.74) is 2.05. The Morgan fingerprint density at radius 3 is 2.00 bits per heavy atom. The Bertz CT molecular complexity index is 962. The van der Waals surface area contributed by atoms with Gasteiger partial charge in [0.1, 0.15) is 0 Å². The fourth-order valence-corrected chi connectivity index (χ4v) is 3.79. The number of pyridine rings is 1. The van der Waals surface area contributed by atoms with Crippen molar-refractivity contribution < 1.29 is 26.0 Å². The molecule has 0 radical (unpaired) electrons. The van der Waals surface area contributed by atoms with Crippen molar-refractivity contribution in [2.75, 3.05) is 12.9 Å². The number of nitrogens with zero attached hydrogens (tertiary/aromatic N) is 1. The van der Waals surface area contributed by atoms with E-state index in [4.69, 9.17) is 0 Å². The smallest absolute Gasteiger partial charge is 0.251 e. The molecule has 0 N–H and O–H groups in total. The topological polar surface area (TPSA) is 47.0 Å². The number of hydrogen-bond donors (Lipinski definition) is 0. The third kappa shape index (κ3) is 4.21. The van der Waals surface area contributed by atoms with E-state index in [0.717, 1.165) is 29.5 Å². The minimum atomic E-state index is -4.42. The minimum absolute atomic E-state index is 0.0667. The van der Waals surface area contributed by atoms with Gasteiger partial charge in [-0.15, -0.1) is 0 Å². The van der Waals surface area contributed by atoms with E-state index >= 15 is 0 Å². The maximum Gasteiger partial charge on any atom is 0.416 e. The lowest BCUT2D eigenvalue weighted by atomic mass is 9.97. The van der Waals surface area contributed by atoms with E-state index in [1.807, 2.05) is 0 Å². The van der Waals surface area contributed by atoms with Gasteiger partial charge in [0.05, 0.1) is 12.2 Å². The molecule has 3 rings (SSSR count). The summed E-state index contributed by atoms with van der Waals surface area (Å²) >= 11 is 0. The van der Waals surface area contributed by atoms with Crippen LogP contribution >= 0.6 is 0 Å². The molecule has 1 aromatic carbocycles. The Balaban J connectivity index is 2.01. The van der Waals surface area contributed by atoms with Crippen molar-refractivity contribution in [3.05, 3.63) is 59.3 Å². The molecule has 27 heavy (non-hydrogen) atoms. The van der Waals surface area contributed by atoms with Crippen LogP contribution in [0.4, 0.5) is 17.6 Å². The first-order chi connectivity index (χ1) is 12.6. The van der Waals surface area contributed by atoms with Gasteiger partial charge in [0.15, 0.2) is 14.9 Å². The predicted molar refractivity (Wildman–Crippen MR) is 94.3 cm³/mol. The van der Waals surface area contributed by atoms with Crippen LogP contribution in [0.1, 0.15) is 29.5 Å². The van der Waals surface area contributed by atoms with Gasteiger partial charge in [-0.2, -0.15) is 13.2 Å². The molecule has 0 saturated carbocycles. The van der Waals surface area contributed by atoms with Gasteiger partial charge >= 0.3 is 6.18 Å². The van der Waals surface area contributed by atoms with Crippen LogP contribution in [0.15, 0.2) is 47.6 Å². The summed E-state index contributed by atoms with van der Waals surface area (Å²) in [6, 6.07) is 7.77. The quantitative estimate of drug-likeness (QED) is 0.695. The first-order valence-electron chi connectivity index (χ1n) is 8.21. The summed E-state index contributed by atoms with van der Waals surface area (Å²) < 4.78 is 74.7. The molecule has 144 valence electrons. The molecule has 0 saturated heterocycles. The van der Waals surface area contributed by atoms with Crippen LogP contribution in [0.2, 0.25) is 0 Å². The second-order valence-corrected chi connectivity index (χ2v) is 8.58. The Labute approximate surface area is 154 Å². The van der Waals surface area contributed by atoms with Crippen molar-refractivity contribution in [1.29, 1.82) is 0 Å². The number of allylic oxidation sites excluding steroid dienone is 2. The molecule has 1 unspecified atom stereocenters. The summed E-state index contributed by atoms with van der Waals surface area (Å²) in [4.78, 5) is 3.96. The first kappa shape index (κ1) is 19.5. The van der Waals surface area contributed by atoms with Gasteiger partial charge < -0.3 is 0 Å². The van der Waals surface area contributed by atoms with Crippen LogP contribution in [0, 0.1) is 5.92 Å². The van der Waals surface area contributed by atoms with E-state index in [-0.39, 0.29) is 10.9 Å². The first-order valence-corrected chi connectivity index (χ1v) is 10.1. The predicted octanol–water partition coefficient (Wildman–Crippen LogP) is 4.79. The number of sulfone groups is 1. The lowest BCUT2D eigenvalue weighted by molar-refractivity contribution is -0.137. The summed E-state index contributed by atoms with van der Waals surface area (Å²) in [6.07, 6.45) is -1.12. The van der Waals surface area contributed by atoms with E-state index in [9.17, 15) is 26.0 Å². The van der Waals surface area contributed by atoms with Crippen LogP contribution in [0.25, 0.3) is 11.1 Å². The van der Waals surface area contributed by atoms with Crippen molar-refractivity contribution in [3.63, 3.8) is 0 Å². The van der Waals surface area contributed by atoms with E-state index in [1.165, 1.54) is 24.4 Å². The van der Waals surface area contributed by atoms with Gasteiger partial charge in [-0.3, -0.25) is 4.39 Å². The van der Waals surface area contributed by atoms with Gasteiger partial charge in [0.2, 0.25) is 0 Å². The zero-order valence-corrected chi connectivity index (χ0v) is 15.2. The molecule has 0 fully saturated rings. The number of halogens is 4. The van der Waals surface area contributed by atoms with Crippen molar-refractivity contribution in [2.24, 2.45) is 5.92 Å². The molecule has 2 aromatic rings. The van der Waals surface area contributed by atoms with E-state index < -0.39 is 28.3 Å². The number of hydrogen-bond acceptors (Lipinski definition) is 3. The van der Waals surface area contributed by atoms with E-state index in [0.29, 0.717) is 24.0 Å². The van der Waals surface area contributed by atoms with Gasteiger partial charge in [-0.25, -0.2) is 13.4 Å². The van der Waals surface area contributed by atoms with Crippen molar-refractivity contribution in [3.8, 4) is 0 Å². The van der Waals surface area contributed by atoms with Crippen LogP contribution < -0.4 is 0 Å². The van der Waals surface area contributed by atoms with Crippen molar-refractivity contribution in [2.45, 2.75) is 24.0 Å². The normalized spacial score (nSPS) is 18.2. The van der Waals surface area contributed by atoms with Crippen LogP contribution in [0.5, 0.6) is 0 Å². The van der Waals surface area contributed by atoms with E-state index in [2.05, 4.69) is 4.98 Å². The van der Waals surface area contributed by atoms with Gasteiger partial charge in [0, 0.05) is 12.5 Å². The van der Waals surface area contributed by atoms with Crippen LogP contribution in [0.3, 0.4) is 0 Å². The second kappa shape index (κ2) is 7.07. The third-order valence-electron chi connectivity index (χ3n) is 4.59.